The zero-order valence-electron chi connectivity index (χ0n) is 8.71. The highest BCUT2D eigenvalue weighted by molar-refractivity contribution is 4.98. The van der Waals surface area contributed by atoms with Crippen molar-refractivity contribution in [3.8, 4) is 0 Å². The van der Waals surface area contributed by atoms with Crippen molar-refractivity contribution < 1.29 is 0 Å². The van der Waals surface area contributed by atoms with E-state index in [-0.39, 0.29) is 5.54 Å². The summed E-state index contributed by atoms with van der Waals surface area (Å²) in [5.41, 5.74) is 0.262. The summed E-state index contributed by atoms with van der Waals surface area (Å²) in [5, 5.41) is 10.3. The Morgan fingerprint density at radius 2 is 2.21 bits per heavy atom. The SMILES string of the molecule is CNC1(Cc2ncn[nH]2)CCCCC1. The average Bonchev–Trinajstić information content (AvgIpc) is 2.72. The molecule has 78 valence electrons. The molecule has 2 rings (SSSR count). The van der Waals surface area contributed by atoms with Gasteiger partial charge in [0.05, 0.1) is 0 Å². The van der Waals surface area contributed by atoms with E-state index in [2.05, 4.69) is 27.5 Å². The van der Waals surface area contributed by atoms with E-state index in [1.54, 1.807) is 6.33 Å². The molecule has 14 heavy (non-hydrogen) atoms. The topological polar surface area (TPSA) is 53.6 Å². The number of nitrogens with one attached hydrogen (secondary N) is 2. The minimum atomic E-state index is 0.262. The van der Waals surface area contributed by atoms with Crippen molar-refractivity contribution in [2.24, 2.45) is 0 Å². The lowest BCUT2D eigenvalue weighted by atomic mass is 9.79. The van der Waals surface area contributed by atoms with Gasteiger partial charge in [-0.15, -0.1) is 0 Å². The van der Waals surface area contributed by atoms with Crippen LogP contribution in [-0.4, -0.2) is 27.8 Å². The van der Waals surface area contributed by atoms with Gasteiger partial charge < -0.3 is 5.32 Å². The smallest absolute Gasteiger partial charge is 0.137 e. The van der Waals surface area contributed by atoms with Crippen molar-refractivity contribution in [2.75, 3.05) is 7.05 Å². The normalized spacial score (nSPS) is 20.9. The van der Waals surface area contributed by atoms with Crippen molar-refractivity contribution in [1.29, 1.82) is 0 Å². The van der Waals surface area contributed by atoms with Crippen LogP contribution in [0, 0.1) is 0 Å². The molecule has 0 atom stereocenters. The zero-order chi connectivity index (χ0) is 9.86. The van der Waals surface area contributed by atoms with Gasteiger partial charge in [0, 0.05) is 12.0 Å². The van der Waals surface area contributed by atoms with Gasteiger partial charge >= 0.3 is 0 Å². The second-order valence-corrected chi connectivity index (χ2v) is 4.20. The molecule has 0 spiro atoms. The Kier molecular flexibility index (Phi) is 2.82. The molecule has 4 heteroatoms. The van der Waals surface area contributed by atoms with Crippen molar-refractivity contribution >= 4 is 0 Å². The van der Waals surface area contributed by atoms with Gasteiger partial charge in [-0.25, -0.2) is 4.98 Å². The molecular formula is C10H18N4. The summed E-state index contributed by atoms with van der Waals surface area (Å²) in [6.07, 6.45) is 9.10. The number of aromatic amines is 1. The van der Waals surface area contributed by atoms with E-state index in [1.165, 1.54) is 32.1 Å². The Hall–Kier alpha value is -0.900. The van der Waals surface area contributed by atoms with Gasteiger partial charge in [0.1, 0.15) is 12.2 Å². The summed E-state index contributed by atoms with van der Waals surface area (Å²) in [4.78, 5) is 4.20. The molecule has 1 heterocycles. The van der Waals surface area contributed by atoms with Crippen molar-refractivity contribution in [3.63, 3.8) is 0 Å². The lowest BCUT2D eigenvalue weighted by molar-refractivity contribution is 0.241. The van der Waals surface area contributed by atoms with Gasteiger partial charge in [-0.2, -0.15) is 5.10 Å². The number of hydrogen-bond donors (Lipinski definition) is 2. The van der Waals surface area contributed by atoms with E-state index in [0.717, 1.165) is 12.2 Å². The highest BCUT2D eigenvalue weighted by Crippen LogP contribution is 2.29. The largest absolute Gasteiger partial charge is 0.314 e. The van der Waals surface area contributed by atoms with Gasteiger partial charge in [-0.05, 0) is 19.9 Å². The molecule has 1 aromatic heterocycles. The summed E-state index contributed by atoms with van der Waals surface area (Å²) < 4.78 is 0. The molecule has 0 aliphatic heterocycles. The number of rotatable bonds is 3. The third-order valence-corrected chi connectivity index (χ3v) is 3.31. The fraction of sp³-hybridized carbons (Fsp3) is 0.800. The second kappa shape index (κ2) is 4.09. The summed E-state index contributed by atoms with van der Waals surface area (Å²) >= 11 is 0. The lowest BCUT2D eigenvalue weighted by Crippen LogP contribution is -2.46. The monoisotopic (exact) mass is 194 g/mol. The van der Waals surface area contributed by atoms with Crippen LogP contribution in [0.25, 0.3) is 0 Å². The highest BCUT2D eigenvalue weighted by atomic mass is 15.2. The van der Waals surface area contributed by atoms with Crippen LogP contribution in [0.1, 0.15) is 37.9 Å². The molecule has 0 radical (unpaired) electrons. The Morgan fingerprint density at radius 1 is 1.43 bits per heavy atom. The standard InChI is InChI=1S/C10H18N4/c1-11-10(5-3-2-4-6-10)7-9-12-8-13-14-9/h8,11H,2-7H2,1H3,(H,12,13,14). The number of hydrogen-bond acceptors (Lipinski definition) is 3. The highest BCUT2D eigenvalue weighted by Gasteiger charge is 2.31. The first-order valence-electron chi connectivity index (χ1n) is 5.38. The molecule has 1 aliphatic rings. The molecule has 1 fully saturated rings. The third kappa shape index (κ3) is 1.95. The number of nitrogens with zero attached hydrogens (tertiary/aromatic N) is 2. The summed E-state index contributed by atoms with van der Waals surface area (Å²) in [6.45, 7) is 0. The Morgan fingerprint density at radius 3 is 2.79 bits per heavy atom. The molecule has 0 saturated heterocycles. The van der Waals surface area contributed by atoms with Crippen LogP contribution in [0.15, 0.2) is 6.33 Å². The Labute approximate surface area is 84.5 Å². The first-order chi connectivity index (χ1) is 6.85. The number of aromatic nitrogens is 3. The predicted octanol–water partition coefficient (Wildman–Crippen LogP) is 1.27. The number of likely N-dealkylation sites (N-methyl/N-ethyl adjacent to an activating group) is 1. The Balaban J connectivity index is 2.04. The van der Waals surface area contributed by atoms with Crippen LogP contribution < -0.4 is 5.32 Å². The molecule has 4 nitrogen and oxygen atoms in total. The Bertz CT molecular complexity index is 262. The fourth-order valence-electron chi connectivity index (χ4n) is 2.38. The minimum absolute atomic E-state index is 0.262. The first-order valence-corrected chi connectivity index (χ1v) is 5.38. The molecule has 0 bridgehead atoms. The number of H-pyrrole nitrogens is 1. The second-order valence-electron chi connectivity index (χ2n) is 4.20. The summed E-state index contributed by atoms with van der Waals surface area (Å²) in [6, 6.07) is 0. The maximum Gasteiger partial charge on any atom is 0.137 e. The van der Waals surface area contributed by atoms with Crippen LogP contribution in [0.4, 0.5) is 0 Å². The molecule has 1 aliphatic carbocycles. The summed E-state index contributed by atoms with van der Waals surface area (Å²) in [5.74, 6) is 1.00. The quantitative estimate of drug-likeness (QED) is 0.762. The maximum absolute atomic E-state index is 4.20. The van der Waals surface area contributed by atoms with Gasteiger partial charge in [-0.3, -0.25) is 5.10 Å². The maximum atomic E-state index is 4.20. The van der Waals surface area contributed by atoms with Crippen LogP contribution in [0.2, 0.25) is 0 Å². The van der Waals surface area contributed by atoms with Gasteiger partial charge in [-0.1, -0.05) is 19.3 Å². The van der Waals surface area contributed by atoms with Crippen LogP contribution in [0.5, 0.6) is 0 Å². The van der Waals surface area contributed by atoms with Crippen LogP contribution in [-0.2, 0) is 6.42 Å². The van der Waals surface area contributed by atoms with Crippen molar-refractivity contribution in [2.45, 2.75) is 44.1 Å². The van der Waals surface area contributed by atoms with Gasteiger partial charge in [0.15, 0.2) is 0 Å². The van der Waals surface area contributed by atoms with Gasteiger partial charge in [0.25, 0.3) is 0 Å². The molecule has 0 amide bonds. The minimum Gasteiger partial charge on any atom is -0.314 e. The predicted molar refractivity (Wildman–Crippen MR) is 55.0 cm³/mol. The van der Waals surface area contributed by atoms with E-state index < -0.39 is 0 Å². The van der Waals surface area contributed by atoms with E-state index >= 15 is 0 Å². The van der Waals surface area contributed by atoms with Crippen molar-refractivity contribution in [3.05, 3.63) is 12.2 Å². The zero-order valence-corrected chi connectivity index (χ0v) is 8.71. The first kappa shape index (κ1) is 9.65. The average molecular weight is 194 g/mol. The summed E-state index contributed by atoms with van der Waals surface area (Å²) in [7, 11) is 2.06. The van der Waals surface area contributed by atoms with E-state index in [1.807, 2.05) is 0 Å². The third-order valence-electron chi connectivity index (χ3n) is 3.31. The molecule has 2 N–H and O–H groups in total. The van der Waals surface area contributed by atoms with E-state index in [9.17, 15) is 0 Å². The van der Waals surface area contributed by atoms with Crippen molar-refractivity contribution in [1.82, 2.24) is 20.5 Å². The lowest BCUT2D eigenvalue weighted by Gasteiger charge is -2.36. The molecule has 1 aromatic rings. The van der Waals surface area contributed by atoms with Gasteiger partial charge in [0.2, 0.25) is 0 Å². The fourth-order valence-corrected chi connectivity index (χ4v) is 2.38. The van der Waals surface area contributed by atoms with Crippen LogP contribution >= 0.6 is 0 Å². The van der Waals surface area contributed by atoms with E-state index in [4.69, 9.17) is 0 Å². The molecule has 0 aromatic carbocycles. The van der Waals surface area contributed by atoms with Crippen LogP contribution in [0.3, 0.4) is 0 Å². The molecule has 0 unspecified atom stereocenters. The molecular weight excluding hydrogens is 176 g/mol. The molecule has 1 saturated carbocycles. The van der Waals surface area contributed by atoms with E-state index in [0.29, 0.717) is 0 Å².